The van der Waals surface area contributed by atoms with E-state index in [0.29, 0.717) is 44.5 Å². The van der Waals surface area contributed by atoms with Gasteiger partial charge in [0.05, 0.1) is 4.75 Å². The monoisotopic (exact) mass is 545 g/mol. The van der Waals surface area contributed by atoms with E-state index in [2.05, 4.69) is 21.1 Å². The Morgan fingerprint density at radius 3 is 2.71 bits per heavy atom. The molecule has 0 bridgehead atoms. The Bertz CT molecular complexity index is 1150. The summed E-state index contributed by atoms with van der Waals surface area (Å²) < 4.78 is 26.0. The molecule has 11 heteroatoms. The highest BCUT2D eigenvalue weighted by molar-refractivity contribution is 7.91. The van der Waals surface area contributed by atoms with Gasteiger partial charge in [0.2, 0.25) is 27.7 Å². The number of aromatic nitrogens is 1. The number of hydrogen-bond acceptors (Lipinski definition) is 7. The summed E-state index contributed by atoms with van der Waals surface area (Å²) >= 11 is 0. The molecule has 1 aromatic heterocycles. The van der Waals surface area contributed by atoms with Gasteiger partial charge < -0.3 is 16.0 Å². The lowest BCUT2D eigenvalue weighted by molar-refractivity contribution is -0.138. The number of hydrogen-bond donors (Lipinski definition) is 3. The van der Waals surface area contributed by atoms with Crippen LogP contribution in [-0.4, -0.2) is 59.4 Å². The first-order valence-corrected chi connectivity index (χ1v) is 15.1. The van der Waals surface area contributed by atoms with Crippen molar-refractivity contribution in [1.29, 1.82) is 0 Å². The van der Waals surface area contributed by atoms with Crippen molar-refractivity contribution in [3.63, 3.8) is 0 Å². The van der Waals surface area contributed by atoms with Gasteiger partial charge in [-0.3, -0.25) is 19.1 Å². The molecule has 10 nitrogen and oxygen atoms in total. The largest absolute Gasteiger partial charge is 0.368 e. The van der Waals surface area contributed by atoms with Crippen LogP contribution in [-0.2, 0) is 24.4 Å². The quantitative estimate of drug-likeness (QED) is 0.240. The van der Waals surface area contributed by atoms with Crippen LogP contribution in [0, 0.1) is 11.8 Å². The standard InChI is InChI=1S/C27H39N5O5S/c1-27(14-15-27)38(36,37)31-25(34)20-18-19(20)10-5-3-2-4-6-11-21(30-23-13-7-8-16-29-23)26(35)32-17-9-12-22(32)24(28)33/h5,7-8,10,13,16,19-22H,2-4,6,9,11-12,14-15,17-18H2,1H3,(H2,28,33)(H,29,30)(H,31,34). The Morgan fingerprint density at radius 2 is 2.03 bits per heavy atom. The molecule has 3 fully saturated rings. The van der Waals surface area contributed by atoms with Crippen LogP contribution in [0.1, 0.15) is 71.1 Å². The molecule has 4 rings (SSSR count). The average Bonchev–Trinajstić information content (AvgIpc) is 3.78. The summed E-state index contributed by atoms with van der Waals surface area (Å²) in [7, 11) is -3.58. The number of amides is 3. The van der Waals surface area contributed by atoms with Crippen molar-refractivity contribution in [2.75, 3.05) is 11.9 Å². The Labute approximate surface area is 224 Å². The van der Waals surface area contributed by atoms with Gasteiger partial charge in [0.25, 0.3) is 0 Å². The summed E-state index contributed by atoms with van der Waals surface area (Å²) in [5, 5.41) is 3.24. The van der Waals surface area contributed by atoms with E-state index in [1.165, 1.54) is 0 Å². The van der Waals surface area contributed by atoms with Crippen LogP contribution < -0.4 is 15.8 Å². The first kappa shape index (κ1) is 28.1. The summed E-state index contributed by atoms with van der Waals surface area (Å²) in [6.07, 6.45) is 13.1. The van der Waals surface area contributed by atoms with Crippen molar-refractivity contribution in [2.24, 2.45) is 17.6 Å². The molecule has 0 radical (unpaired) electrons. The van der Waals surface area contributed by atoms with E-state index in [4.69, 9.17) is 5.73 Å². The van der Waals surface area contributed by atoms with Crippen LogP contribution in [0.15, 0.2) is 36.5 Å². The number of carbonyl (C=O) groups is 3. The summed E-state index contributed by atoms with van der Waals surface area (Å²) in [5.41, 5.74) is 5.52. The van der Waals surface area contributed by atoms with Crippen molar-refractivity contribution in [3.05, 3.63) is 36.5 Å². The van der Waals surface area contributed by atoms with Crippen molar-refractivity contribution in [1.82, 2.24) is 14.6 Å². The molecule has 2 heterocycles. The molecule has 4 N–H and O–H groups in total. The lowest BCUT2D eigenvalue weighted by atomic mass is 10.0. The van der Waals surface area contributed by atoms with Gasteiger partial charge in [-0.1, -0.05) is 31.1 Å². The normalized spacial score (nSPS) is 24.7. The number of primary amides is 1. The lowest BCUT2D eigenvalue weighted by Gasteiger charge is -2.28. The Kier molecular flexibility index (Phi) is 8.74. The van der Waals surface area contributed by atoms with Gasteiger partial charge in [0.1, 0.15) is 17.9 Å². The van der Waals surface area contributed by atoms with Crippen molar-refractivity contribution >= 4 is 33.6 Å². The number of likely N-dealkylation sites (tertiary alicyclic amines) is 1. The number of pyridine rings is 1. The van der Waals surface area contributed by atoms with Gasteiger partial charge in [-0.25, -0.2) is 13.4 Å². The topological polar surface area (TPSA) is 152 Å². The number of carbonyl (C=O) groups excluding carboxylic acids is 3. The molecule has 1 aliphatic heterocycles. The van der Waals surface area contributed by atoms with Gasteiger partial charge in [0, 0.05) is 18.7 Å². The first-order chi connectivity index (χ1) is 18.1. The number of anilines is 1. The molecule has 0 spiro atoms. The third-order valence-electron chi connectivity index (χ3n) is 7.91. The zero-order chi connectivity index (χ0) is 27.3. The highest BCUT2D eigenvalue weighted by Crippen LogP contribution is 2.44. The number of allylic oxidation sites excluding steroid dienone is 2. The molecule has 1 aromatic rings. The van der Waals surface area contributed by atoms with E-state index < -0.39 is 32.8 Å². The van der Waals surface area contributed by atoms with Crippen molar-refractivity contribution in [3.8, 4) is 0 Å². The number of nitrogens with two attached hydrogens (primary N) is 1. The molecule has 4 atom stereocenters. The SMILES string of the molecule is CC1(S(=O)(=O)NC(=O)C2CC2C=CCCCCCC(Nc2ccccn2)C(=O)N2CCCC2C(N)=O)CC1. The smallest absolute Gasteiger partial charge is 0.245 e. The first-order valence-electron chi connectivity index (χ1n) is 13.6. The van der Waals surface area contributed by atoms with Crippen LogP contribution >= 0.6 is 0 Å². The maximum absolute atomic E-state index is 13.3. The van der Waals surface area contributed by atoms with Gasteiger partial charge >= 0.3 is 0 Å². The predicted molar refractivity (Wildman–Crippen MR) is 144 cm³/mol. The van der Waals surface area contributed by atoms with E-state index in [9.17, 15) is 22.8 Å². The maximum atomic E-state index is 13.3. The van der Waals surface area contributed by atoms with Crippen LogP contribution in [0.3, 0.4) is 0 Å². The number of rotatable bonds is 14. The molecule has 4 unspecified atom stereocenters. The molecule has 3 aliphatic rings. The second-order valence-corrected chi connectivity index (χ2v) is 13.2. The minimum atomic E-state index is -3.58. The minimum absolute atomic E-state index is 0.0976. The minimum Gasteiger partial charge on any atom is -0.368 e. The predicted octanol–water partition coefficient (Wildman–Crippen LogP) is 2.48. The van der Waals surface area contributed by atoms with Crippen LogP contribution in [0.5, 0.6) is 0 Å². The third kappa shape index (κ3) is 6.92. The van der Waals surface area contributed by atoms with E-state index in [1.807, 2.05) is 24.3 Å². The molecule has 0 aromatic carbocycles. The fraction of sp³-hybridized carbons (Fsp3) is 0.630. The van der Waals surface area contributed by atoms with E-state index in [1.54, 1.807) is 18.0 Å². The number of nitrogens with one attached hydrogen (secondary N) is 2. The fourth-order valence-corrected chi connectivity index (χ4v) is 6.28. The molecule has 3 amide bonds. The van der Waals surface area contributed by atoms with E-state index >= 15 is 0 Å². The highest BCUT2D eigenvalue weighted by atomic mass is 32.2. The molecule has 1 saturated heterocycles. The Morgan fingerprint density at radius 1 is 1.24 bits per heavy atom. The van der Waals surface area contributed by atoms with Crippen molar-refractivity contribution < 1.29 is 22.8 Å². The highest BCUT2D eigenvalue weighted by Gasteiger charge is 2.52. The zero-order valence-electron chi connectivity index (χ0n) is 22.0. The number of sulfonamides is 1. The molecular weight excluding hydrogens is 506 g/mol. The Balaban J connectivity index is 1.19. The lowest BCUT2D eigenvalue weighted by Crippen LogP contribution is -2.49. The van der Waals surface area contributed by atoms with Crippen molar-refractivity contribution in [2.45, 2.75) is 88.0 Å². The van der Waals surface area contributed by atoms with Gasteiger partial charge in [-0.2, -0.15) is 0 Å². The number of nitrogens with zero attached hydrogens (tertiary/aromatic N) is 2. The molecular formula is C27H39N5O5S. The zero-order valence-corrected chi connectivity index (χ0v) is 22.8. The summed E-state index contributed by atoms with van der Waals surface area (Å²) in [4.78, 5) is 43.3. The van der Waals surface area contributed by atoms with Crippen LogP contribution in [0.2, 0.25) is 0 Å². The van der Waals surface area contributed by atoms with Gasteiger partial charge in [-0.05, 0) is 76.3 Å². The van der Waals surface area contributed by atoms with E-state index in [-0.39, 0.29) is 23.7 Å². The summed E-state index contributed by atoms with van der Waals surface area (Å²) in [6, 6.07) is 4.44. The third-order valence-corrected chi connectivity index (χ3v) is 10.1. The average molecular weight is 546 g/mol. The van der Waals surface area contributed by atoms with Crippen LogP contribution in [0.4, 0.5) is 5.82 Å². The van der Waals surface area contributed by atoms with Gasteiger partial charge in [-0.15, -0.1) is 0 Å². The fourth-order valence-electron chi connectivity index (χ4n) is 4.97. The number of unbranched alkanes of at least 4 members (excludes halogenated alkanes) is 3. The Hall–Kier alpha value is -2.95. The van der Waals surface area contributed by atoms with E-state index in [0.717, 1.165) is 32.1 Å². The van der Waals surface area contributed by atoms with Crippen LogP contribution in [0.25, 0.3) is 0 Å². The van der Waals surface area contributed by atoms with Gasteiger partial charge in [0.15, 0.2) is 0 Å². The molecule has 2 saturated carbocycles. The summed E-state index contributed by atoms with van der Waals surface area (Å²) in [5.74, 6) is -0.518. The molecule has 208 valence electrons. The second-order valence-electron chi connectivity index (χ2n) is 11.0. The molecule has 38 heavy (non-hydrogen) atoms. The molecule has 2 aliphatic carbocycles. The maximum Gasteiger partial charge on any atom is 0.245 e. The second kappa shape index (κ2) is 11.8. The summed E-state index contributed by atoms with van der Waals surface area (Å²) in [6.45, 7) is 2.20.